The van der Waals surface area contributed by atoms with E-state index in [1.807, 2.05) is 13.8 Å². The van der Waals surface area contributed by atoms with Crippen molar-refractivity contribution in [2.24, 2.45) is 0 Å². The van der Waals surface area contributed by atoms with Crippen LogP contribution < -0.4 is 4.74 Å². The lowest BCUT2D eigenvalue weighted by Crippen LogP contribution is -2.44. The highest BCUT2D eigenvalue weighted by Crippen LogP contribution is 2.28. The van der Waals surface area contributed by atoms with E-state index in [4.69, 9.17) is 4.74 Å². The first kappa shape index (κ1) is 20.2. The van der Waals surface area contributed by atoms with Crippen molar-refractivity contribution in [1.82, 2.24) is 24.1 Å². The van der Waals surface area contributed by atoms with Gasteiger partial charge in [-0.1, -0.05) is 0 Å². The summed E-state index contributed by atoms with van der Waals surface area (Å²) in [6.07, 6.45) is 4.40. The van der Waals surface area contributed by atoms with E-state index in [2.05, 4.69) is 31.0 Å². The highest BCUT2D eigenvalue weighted by Gasteiger charge is 2.35. The van der Waals surface area contributed by atoms with Crippen LogP contribution in [0.1, 0.15) is 44.1 Å². The number of hydrogen-bond donors (Lipinski definition) is 0. The van der Waals surface area contributed by atoms with Crippen LogP contribution >= 0.6 is 15.9 Å². The molecule has 1 unspecified atom stereocenters. The van der Waals surface area contributed by atoms with Gasteiger partial charge >= 0.3 is 6.01 Å². The van der Waals surface area contributed by atoms with Crippen molar-refractivity contribution >= 4 is 26.0 Å². The van der Waals surface area contributed by atoms with E-state index in [1.165, 1.54) is 4.31 Å². The predicted molar refractivity (Wildman–Crippen MR) is 104 cm³/mol. The number of hydrogen-bond acceptors (Lipinski definition) is 6. The second kappa shape index (κ2) is 7.84. The number of ether oxygens (including phenoxy) is 1. The maximum atomic E-state index is 13.3. The van der Waals surface area contributed by atoms with Gasteiger partial charge in [0, 0.05) is 25.0 Å². The van der Waals surface area contributed by atoms with Gasteiger partial charge in [-0.2, -0.15) is 9.40 Å². The van der Waals surface area contributed by atoms with Crippen LogP contribution in [0.5, 0.6) is 6.01 Å². The van der Waals surface area contributed by atoms with Crippen LogP contribution in [0.3, 0.4) is 0 Å². The number of rotatable bonds is 5. The van der Waals surface area contributed by atoms with Gasteiger partial charge in [0.05, 0.1) is 22.4 Å². The molecule has 1 aliphatic rings. The first-order valence-electron chi connectivity index (χ1n) is 8.90. The van der Waals surface area contributed by atoms with Crippen LogP contribution in [0.4, 0.5) is 0 Å². The van der Waals surface area contributed by atoms with E-state index in [0.717, 1.165) is 17.3 Å². The molecule has 0 aromatic carbocycles. The molecule has 10 heteroatoms. The normalized spacial score (nSPS) is 18.8. The molecule has 3 rings (SSSR count). The van der Waals surface area contributed by atoms with Crippen molar-refractivity contribution < 1.29 is 13.2 Å². The molecule has 0 saturated carbocycles. The van der Waals surface area contributed by atoms with Crippen LogP contribution in [0, 0.1) is 13.8 Å². The van der Waals surface area contributed by atoms with Crippen LogP contribution in [0.15, 0.2) is 21.8 Å². The van der Waals surface area contributed by atoms with Crippen molar-refractivity contribution in [2.45, 2.75) is 57.6 Å². The molecule has 8 nitrogen and oxygen atoms in total. The number of sulfonamides is 1. The maximum Gasteiger partial charge on any atom is 0.316 e. The minimum atomic E-state index is -3.65. The van der Waals surface area contributed by atoms with Gasteiger partial charge in [0.15, 0.2) is 0 Å². The standard InChI is InChI=1S/C17H24BrN5O3S/c1-11(2)23-13(4)16(12(3)21-23)27(24,25)22-7-5-6-15(10-22)26-17-19-8-14(18)9-20-17/h8-9,11,15H,5-7,10H2,1-4H3. The number of halogens is 1. The van der Waals surface area contributed by atoms with Crippen molar-refractivity contribution in [3.8, 4) is 6.01 Å². The molecule has 2 aromatic rings. The van der Waals surface area contributed by atoms with E-state index < -0.39 is 10.0 Å². The lowest BCUT2D eigenvalue weighted by atomic mass is 10.1. The van der Waals surface area contributed by atoms with Gasteiger partial charge in [-0.25, -0.2) is 18.4 Å². The van der Waals surface area contributed by atoms with Crippen LogP contribution in [-0.4, -0.2) is 51.7 Å². The lowest BCUT2D eigenvalue weighted by molar-refractivity contribution is 0.119. The Morgan fingerprint density at radius 1 is 1.26 bits per heavy atom. The van der Waals surface area contributed by atoms with Gasteiger partial charge in [0.25, 0.3) is 0 Å². The van der Waals surface area contributed by atoms with Gasteiger partial charge in [-0.3, -0.25) is 4.68 Å². The first-order valence-corrected chi connectivity index (χ1v) is 11.1. The molecule has 1 saturated heterocycles. The molecule has 3 heterocycles. The number of nitrogens with zero attached hydrogens (tertiary/aromatic N) is 5. The van der Waals surface area contributed by atoms with E-state index in [9.17, 15) is 8.42 Å². The Kier molecular flexibility index (Phi) is 5.87. The summed E-state index contributed by atoms with van der Waals surface area (Å²) in [5.41, 5.74) is 1.20. The van der Waals surface area contributed by atoms with Gasteiger partial charge in [0.1, 0.15) is 11.0 Å². The molecule has 0 aliphatic carbocycles. The fourth-order valence-corrected chi connectivity index (χ4v) is 5.46. The molecular weight excluding hydrogens is 434 g/mol. The summed E-state index contributed by atoms with van der Waals surface area (Å²) in [6, 6.07) is 0.349. The van der Waals surface area contributed by atoms with E-state index in [0.29, 0.717) is 22.8 Å². The third-order valence-electron chi connectivity index (χ3n) is 4.56. The molecule has 0 bridgehead atoms. The Hall–Kier alpha value is -1.52. The molecule has 1 atom stereocenters. The molecule has 0 radical (unpaired) electrons. The number of piperidine rings is 1. The maximum absolute atomic E-state index is 13.3. The number of aryl methyl sites for hydroxylation is 1. The second-order valence-electron chi connectivity index (χ2n) is 6.97. The van der Waals surface area contributed by atoms with Crippen molar-refractivity contribution in [2.75, 3.05) is 13.1 Å². The Bertz CT molecular complexity index is 911. The average Bonchev–Trinajstić information content (AvgIpc) is 2.92. The van der Waals surface area contributed by atoms with Gasteiger partial charge in [0.2, 0.25) is 10.0 Å². The minimum Gasteiger partial charge on any atom is -0.459 e. The summed E-state index contributed by atoms with van der Waals surface area (Å²) < 4.78 is 36.4. The SMILES string of the molecule is Cc1nn(C(C)C)c(C)c1S(=O)(=O)N1CCCC(Oc2ncc(Br)cn2)C1. The van der Waals surface area contributed by atoms with Gasteiger partial charge < -0.3 is 4.74 Å². The topological polar surface area (TPSA) is 90.2 Å². The summed E-state index contributed by atoms with van der Waals surface area (Å²) in [4.78, 5) is 8.52. The molecular formula is C17H24BrN5O3S. The Labute approximate surface area is 168 Å². The Balaban J connectivity index is 1.82. The third-order valence-corrected chi connectivity index (χ3v) is 7.08. The zero-order valence-corrected chi connectivity index (χ0v) is 18.3. The molecule has 2 aromatic heterocycles. The largest absolute Gasteiger partial charge is 0.459 e. The molecule has 0 spiro atoms. The minimum absolute atomic E-state index is 0.0969. The van der Waals surface area contributed by atoms with E-state index >= 15 is 0 Å². The molecule has 1 aliphatic heterocycles. The average molecular weight is 458 g/mol. The summed E-state index contributed by atoms with van der Waals surface area (Å²) in [7, 11) is -3.65. The van der Waals surface area contributed by atoms with Crippen LogP contribution in [-0.2, 0) is 10.0 Å². The number of aromatic nitrogens is 4. The molecule has 0 amide bonds. The zero-order valence-electron chi connectivity index (χ0n) is 15.9. The van der Waals surface area contributed by atoms with Crippen LogP contribution in [0.25, 0.3) is 0 Å². The summed E-state index contributed by atoms with van der Waals surface area (Å²) in [5.74, 6) is 0. The third kappa shape index (κ3) is 4.17. The summed E-state index contributed by atoms with van der Waals surface area (Å²) >= 11 is 3.28. The zero-order chi connectivity index (χ0) is 19.8. The fraction of sp³-hybridized carbons (Fsp3) is 0.588. The lowest BCUT2D eigenvalue weighted by Gasteiger charge is -2.31. The van der Waals surface area contributed by atoms with Gasteiger partial charge in [-0.05, 0) is 56.5 Å². The predicted octanol–water partition coefficient (Wildman–Crippen LogP) is 2.87. The van der Waals surface area contributed by atoms with E-state index in [-0.39, 0.29) is 24.7 Å². The molecule has 0 N–H and O–H groups in total. The quantitative estimate of drug-likeness (QED) is 0.685. The first-order chi connectivity index (χ1) is 12.7. The van der Waals surface area contributed by atoms with Gasteiger partial charge in [-0.15, -0.1) is 0 Å². The highest BCUT2D eigenvalue weighted by molar-refractivity contribution is 9.10. The van der Waals surface area contributed by atoms with E-state index in [1.54, 1.807) is 30.9 Å². The fourth-order valence-electron chi connectivity index (χ4n) is 3.38. The smallest absolute Gasteiger partial charge is 0.316 e. The second-order valence-corrected chi connectivity index (χ2v) is 9.76. The highest BCUT2D eigenvalue weighted by atomic mass is 79.9. The molecule has 1 fully saturated rings. The Morgan fingerprint density at radius 3 is 2.52 bits per heavy atom. The van der Waals surface area contributed by atoms with Crippen molar-refractivity contribution in [3.63, 3.8) is 0 Å². The molecule has 27 heavy (non-hydrogen) atoms. The molecule has 148 valence electrons. The summed E-state index contributed by atoms with van der Waals surface area (Å²) in [5, 5.41) is 4.42. The van der Waals surface area contributed by atoms with Crippen LogP contribution in [0.2, 0.25) is 0 Å². The Morgan fingerprint density at radius 2 is 1.93 bits per heavy atom. The van der Waals surface area contributed by atoms with Crippen molar-refractivity contribution in [1.29, 1.82) is 0 Å². The van der Waals surface area contributed by atoms with Crippen molar-refractivity contribution in [3.05, 3.63) is 28.3 Å². The monoisotopic (exact) mass is 457 g/mol. The summed E-state index contributed by atoms with van der Waals surface area (Å²) in [6.45, 7) is 8.26.